The maximum Gasteiger partial charge on any atom is 0.129 e. The molecule has 1 aliphatic rings. The molecule has 3 atom stereocenters. The van der Waals surface area contributed by atoms with Crippen molar-refractivity contribution in [3.63, 3.8) is 0 Å². The van der Waals surface area contributed by atoms with E-state index in [0.717, 1.165) is 17.9 Å². The van der Waals surface area contributed by atoms with E-state index >= 15 is 0 Å². The average Bonchev–Trinajstić information content (AvgIpc) is 2.34. The van der Waals surface area contributed by atoms with E-state index < -0.39 is 0 Å². The second kappa shape index (κ2) is 5.45. The third-order valence-corrected chi connectivity index (χ3v) is 4.32. The number of aliphatic hydroxyl groups excluding tert-OH is 1. The summed E-state index contributed by atoms with van der Waals surface area (Å²) in [5, 5.41) is 9.81. The summed E-state index contributed by atoms with van der Waals surface area (Å²) in [7, 11) is 0. The number of hydrogen-bond donors (Lipinski definition) is 1. The topological polar surface area (TPSA) is 36.4 Å². The summed E-state index contributed by atoms with van der Waals surface area (Å²) in [5.74, 6) is 2.25. The molecule has 1 fully saturated rings. The predicted octanol–water partition coefficient (Wildman–Crippen LogP) is 3.10. The van der Waals surface area contributed by atoms with Gasteiger partial charge in [0.15, 0.2) is 0 Å². The van der Waals surface area contributed by atoms with Gasteiger partial charge in [0, 0.05) is 24.3 Å². The first kappa shape index (κ1) is 13.6. The van der Waals surface area contributed by atoms with Crippen LogP contribution in [0.15, 0.2) is 12.3 Å². The van der Waals surface area contributed by atoms with Gasteiger partial charge in [0.25, 0.3) is 0 Å². The fraction of sp³-hybridized carbons (Fsp3) is 0.643. The van der Waals surface area contributed by atoms with Crippen molar-refractivity contribution in [2.75, 3.05) is 11.4 Å². The van der Waals surface area contributed by atoms with Crippen LogP contribution in [-0.4, -0.2) is 22.7 Å². The van der Waals surface area contributed by atoms with Gasteiger partial charge in [0.2, 0.25) is 0 Å². The summed E-state index contributed by atoms with van der Waals surface area (Å²) in [6.07, 6.45) is 2.90. The first-order chi connectivity index (χ1) is 8.52. The molecule has 3 nitrogen and oxygen atoms in total. The fourth-order valence-corrected chi connectivity index (χ4v) is 2.93. The third kappa shape index (κ3) is 2.62. The van der Waals surface area contributed by atoms with E-state index in [4.69, 9.17) is 11.6 Å². The van der Waals surface area contributed by atoms with Crippen molar-refractivity contribution < 1.29 is 5.11 Å². The van der Waals surface area contributed by atoms with Gasteiger partial charge in [-0.05, 0) is 31.2 Å². The summed E-state index contributed by atoms with van der Waals surface area (Å²) in [6, 6.07) is 2.38. The Kier molecular flexibility index (Phi) is 4.13. The molecule has 3 unspecified atom stereocenters. The maximum absolute atomic E-state index is 9.28. The average molecular weight is 269 g/mol. The van der Waals surface area contributed by atoms with Crippen LogP contribution >= 0.6 is 11.6 Å². The minimum Gasteiger partial charge on any atom is -0.392 e. The van der Waals surface area contributed by atoms with Crippen LogP contribution in [0.25, 0.3) is 0 Å². The van der Waals surface area contributed by atoms with Crippen molar-refractivity contribution in [2.24, 2.45) is 11.8 Å². The highest BCUT2D eigenvalue weighted by Gasteiger charge is 2.29. The molecule has 2 heterocycles. The highest BCUT2D eigenvalue weighted by Crippen LogP contribution is 2.31. The standard InChI is InChI=1S/C14H21ClN2O/c1-9-4-10(2)11(3)17(7-9)14-5-12(8-18)13(15)6-16-14/h5-6,9-11,18H,4,7-8H2,1-3H3. The van der Waals surface area contributed by atoms with Gasteiger partial charge in [0.1, 0.15) is 5.82 Å². The number of halogens is 1. The van der Waals surface area contributed by atoms with E-state index in [1.165, 1.54) is 6.42 Å². The highest BCUT2D eigenvalue weighted by atomic mass is 35.5. The minimum atomic E-state index is -0.0400. The molecule has 0 radical (unpaired) electrons. The molecule has 18 heavy (non-hydrogen) atoms. The number of hydrogen-bond acceptors (Lipinski definition) is 3. The first-order valence-electron chi connectivity index (χ1n) is 6.54. The SMILES string of the molecule is CC1CC(C)C(C)N(c2cc(CO)c(Cl)cn2)C1. The maximum atomic E-state index is 9.28. The minimum absolute atomic E-state index is 0.0400. The summed E-state index contributed by atoms with van der Waals surface area (Å²) in [4.78, 5) is 6.74. The van der Waals surface area contributed by atoms with Crippen LogP contribution in [0.2, 0.25) is 5.02 Å². The largest absolute Gasteiger partial charge is 0.392 e. The van der Waals surface area contributed by atoms with Crippen LogP contribution in [0.4, 0.5) is 5.82 Å². The van der Waals surface area contributed by atoms with Crippen LogP contribution in [-0.2, 0) is 6.61 Å². The van der Waals surface area contributed by atoms with Crippen molar-refractivity contribution in [3.05, 3.63) is 22.8 Å². The van der Waals surface area contributed by atoms with E-state index in [1.807, 2.05) is 6.07 Å². The van der Waals surface area contributed by atoms with Gasteiger partial charge in [0.05, 0.1) is 11.6 Å². The van der Waals surface area contributed by atoms with Crippen molar-refractivity contribution >= 4 is 17.4 Å². The highest BCUT2D eigenvalue weighted by molar-refractivity contribution is 6.31. The van der Waals surface area contributed by atoms with Gasteiger partial charge >= 0.3 is 0 Å². The second-order valence-electron chi connectivity index (χ2n) is 5.50. The van der Waals surface area contributed by atoms with Gasteiger partial charge in [-0.3, -0.25) is 0 Å². The molecular weight excluding hydrogens is 248 g/mol. The molecule has 1 aromatic heterocycles. The van der Waals surface area contributed by atoms with Crippen LogP contribution in [0, 0.1) is 11.8 Å². The van der Waals surface area contributed by atoms with Crippen LogP contribution < -0.4 is 4.90 Å². The predicted molar refractivity (Wildman–Crippen MR) is 74.9 cm³/mol. The second-order valence-corrected chi connectivity index (χ2v) is 5.91. The summed E-state index contributed by atoms with van der Waals surface area (Å²) < 4.78 is 0. The van der Waals surface area contributed by atoms with Gasteiger partial charge in [-0.1, -0.05) is 25.4 Å². The molecule has 0 amide bonds. The van der Waals surface area contributed by atoms with E-state index in [1.54, 1.807) is 6.20 Å². The normalized spacial score (nSPS) is 28.5. The van der Waals surface area contributed by atoms with Gasteiger partial charge in [-0.25, -0.2) is 4.98 Å². The lowest BCUT2D eigenvalue weighted by Crippen LogP contribution is -2.46. The number of aromatic nitrogens is 1. The number of rotatable bonds is 2. The number of anilines is 1. The Balaban J connectivity index is 2.29. The van der Waals surface area contributed by atoms with Crippen LogP contribution in [0.3, 0.4) is 0 Å². The Bertz CT molecular complexity index is 424. The molecular formula is C14H21ClN2O. The molecule has 0 saturated carbocycles. The van der Waals surface area contributed by atoms with Crippen molar-refractivity contribution in [3.8, 4) is 0 Å². The molecule has 100 valence electrons. The van der Waals surface area contributed by atoms with E-state index in [2.05, 4.69) is 30.7 Å². The number of piperidine rings is 1. The Labute approximate surface area is 114 Å². The Morgan fingerprint density at radius 2 is 2.17 bits per heavy atom. The van der Waals surface area contributed by atoms with Crippen molar-refractivity contribution in [2.45, 2.75) is 39.8 Å². The number of aliphatic hydroxyl groups is 1. The summed E-state index contributed by atoms with van der Waals surface area (Å²) in [5.41, 5.74) is 0.750. The molecule has 4 heteroatoms. The molecule has 1 aromatic rings. The summed E-state index contributed by atoms with van der Waals surface area (Å²) in [6.45, 7) is 7.78. The van der Waals surface area contributed by atoms with Crippen LogP contribution in [0.5, 0.6) is 0 Å². The lowest BCUT2D eigenvalue weighted by Gasteiger charge is -2.42. The van der Waals surface area contributed by atoms with Crippen LogP contribution in [0.1, 0.15) is 32.8 Å². The Morgan fingerprint density at radius 1 is 1.44 bits per heavy atom. The smallest absolute Gasteiger partial charge is 0.129 e. The first-order valence-corrected chi connectivity index (χ1v) is 6.92. The molecule has 0 aliphatic carbocycles. The molecule has 0 bridgehead atoms. The lowest BCUT2D eigenvalue weighted by atomic mass is 9.86. The molecule has 1 N–H and O–H groups in total. The van der Waals surface area contributed by atoms with Gasteiger partial charge in [-0.2, -0.15) is 0 Å². The van der Waals surface area contributed by atoms with E-state index in [0.29, 0.717) is 22.9 Å². The zero-order chi connectivity index (χ0) is 13.3. The van der Waals surface area contributed by atoms with E-state index in [-0.39, 0.29) is 6.61 Å². The van der Waals surface area contributed by atoms with Gasteiger partial charge < -0.3 is 10.0 Å². The monoisotopic (exact) mass is 268 g/mol. The van der Waals surface area contributed by atoms with Crippen molar-refractivity contribution in [1.29, 1.82) is 0 Å². The van der Waals surface area contributed by atoms with Crippen molar-refractivity contribution in [1.82, 2.24) is 4.98 Å². The Morgan fingerprint density at radius 3 is 2.83 bits per heavy atom. The number of pyridine rings is 1. The molecule has 1 aliphatic heterocycles. The molecule has 1 saturated heterocycles. The summed E-state index contributed by atoms with van der Waals surface area (Å²) >= 11 is 5.99. The quantitative estimate of drug-likeness (QED) is 0.895. The zero-order valence-electron chi connectivity index (χ0n) is 11.2. The third-order valence-electron chi connectivity index (χ3n) is 3.98. The lowest BCUT2D eigenvalue weighted by molar-refractivity contribution is 0.281. The molecule has 2 rings (SSSR count). The number of nitrogens with zero attached hydrogens (tertiary/aromatic N) is 2. The van der Waals surface area contributed by atoms with E-state index in [9.17, 15) is 5.11 Å². The Hall–Kier alpha value is -0.800. The molecule has 0 aromatic carbocycles. The fourth-order valence-electron chi connectivity index (χ4n) is 2.76. The zero-order valence-corrected chi connectivity index (χ0v) is 12.0. The molecule has 0 spiro atoms. The van der Waals surface area contributed by atoms with Gasteiger partial charge in [-0.15, -0.1) is 0 Å².